The van der Waals surface area contributed by atoms with Crippen LogP contribution in [0.1, 0.15) is 52.4 Å². The molecule has 4 heteroatoms. The minimum Gasteiger partial charge on any atom is -0.328 e. The maximum absolute atomic E-state index is 5.97. The van der Waals surface area contributed by atoms with Crippen molar-refractivity contribution in [2.45, 2.75) is 76.5 Å². The second-order valence-corrected chi connectivity index (χ2v) is 7.77. The minimum absolute atomic E-state index is 0.260. The predicted molar refractivity (Wildman–Crippen MR) is 90.2 cm³/mol. The maximum atomic E-state index is 5.97. The van der Waals surface area contributed by atoms with Gasteiger partial charge in [-0.1, -0.05) is 26.0 Å². The zero-order valence-electron chi connectivity index (χ0n) is 13.8. The molecule has 2 aliphatic rings. The van der Waals surface area contributed by atoms with Gasteiger partial charge >= 0.3 is 0 Å². The molecule has 6 N–H and O–H groups in total. The van der Waals surface area contributed by atoms with E-state index in [4.69, 9.17) is 11.5 Å². The van der Waals surface area contributed by atoms with Crippen molar-refractivity contribution >= 4 is 0 Å². The van der Waals surface area contributed by atoms with Crippen molar-refractivity contribution in [1.29, 1.82) is 0 Å². The van der Waals surface area contributed by atoms with Crippen LogP contribution in [0, 0.1) is 5.41 Å². The third-order valence-corrected chi connectivity index (χ3v) is 4.89. The summed E-state index contributed by atoms with van der Waals surface area (Å²) in [6, 6.07) is 1.85. The van der Waals surface area contributed by atoms with E-state index in [2.05, 4.69) is 36.6 Å². The Kier molecular flexibility index (Phi) is 6.23. The molecule has 0 aromatic rings. The normalized spacial score (nSPS) is 34.1. The van der Waals surface area contributed by atoms with Crippen LogP contribution in [0.25, 0.3) is 0 Å². The average molecular weight is 294 g/mol. The van der Waals surface area contributed by atoms with Gasteiger partial charge in [0, 0.05) is 37.3 Å². The summed E-state index contributed by atoms with van der Waals surface area (Å²) in [5, 5.41) is 7.42. The topological polar surface area (TPSA) is 76.1 Å². The third kappa shape index (κ3) is 6.07. The molecule has 2 rings (SSSR count). The lowest BCUT2D eigenvalue weighted by molar-refractivity contribution is 0.264. The minimum atomic E-state index is 0.260. The van der Waals surface area contributed by atoms with E-state index in [9.17, 15) is 0 Å². The SMILES string of the molecule is CC(C)(CNC1C=CC(N)CC1)CNC1CCC(N)CC1. The Hall–Kier alpha value is -0.420. The first-order valence-corrected chi connectivity index (χ1v) is 8.61. The van der Waals surface area contributed by atoms with Crippen LogP contribution in [-0.4, -0.2) is 37.3 Å². The highest BCUT2D eigenvalue weighted by Crippen LogP contribution is 2.20. The summed E-state index contributed by atoms with van der Waals surface area (Å²) in [5.41, 5.74) is 12.1. The van der Waals surface area contributed by atoms with Crippen LogP contribution in [0.4, 0.5) is 0 Å². The van der Waals surface area contributed by atoms with Gasteiger partial charge in [0.2, 0.25) is 0 Å². The van der Waals surface area contributed by atoms with Crippen molar-refractivity contribution in [1.82, 2.24) is 10.6 Å². The molecule has 0 spiro atoms. The smallest absolute Gasteiger partial charge is 0.0251 e. The number of rotatable bonds is 6. The average Bonchev–Trinajstić information content (AvgIpc) is 2.46. The summed E-state index contributed by atoms with van der Waals surface area (Å²) < 4.78 is 0. The Morgan fingerprint density at radius 1 is 0.905 bits per heavy atom. The van der Waals surface area contributed by atoms with Crippen molar-refractivity contribution in [3.8, 4) is 0 Å². The Balaban J connectivity index is 1.66. The highest BCUT2D eigenvalue weighted by Gasteiger charge is 2.23. The highest BCUT2D eigenvalue weighted by molar-refractivity contribution is 5.04. The van der Waals surface area contributed by atoms with Gasteiger partial charge in [-0.15, -0.1) is 0 Å². The van der Waals surface area contributed by atoms with Gasteiger partial charge in [0.1, 0.15) is 0 Å². The summed E-state index contributed by atoms with van der Waals surface area (Å²) in [6.45, 7) is 6.77. The van der Waals surface area contributed by atoms with Crippen LogP contribution < -0.4 is 22.1 Å². The Labute approximate surface area is 130 Å². The molecule has 4 nitrogen and oxygen atoms in total. The molecule has 0 heterocycles. The fourth-order valence-electron chi connectivity index (χ4n) is 3.23. The predicted octanol–water partition coefficient (Wildman–Crippen LogP) is 1.51. The summed E-state index contributed by atoms with van der Waals surface area (Å²) in [7, 11) is 0. The van der Waals surface area contributed by atoms with E-state index in [1.54, 1.807) is 0 Å². The zero-order valence-corrected chi connectivity index (χ0v) is 13.8. The van der Waals surface area contributed by atoms with E-state index in [-0.39, 0.29) is 11.5 Å². The van der Waals surface area contributed by atoms with Crippen LogP contribution in [-0.2, 0) is 0 Å². The first-order valence-electron chi connectivity index (χ1n) is 8.61. The first-order chi connectivity index (χ1) is 9.94. The first kappa shape index (κ1) is 16.9. The molecule has 0 aliphatic heterocycles. The Morgan fingerprint density at radius 2 is 1.57 bits per heavy atom. The fraction of sp³-hybridized carbons (Fsp3) is 0.882. The summed E-state index contributed by atoms with van der Waals surface area (Å²) in [5.74, 6) is 0. The van der Waals surface area contributed by atoms with E-state index < -0.39 is 0 Å². The summed E-state index contributed by atoms with van der Waals surface area (Å²) in [6.07, 6.45) is 11.4. The number of nitrogens with two attached hydrogens (primary N) is 2. The van der Waals surface area contributed by atoms with Crippen LogP contribution >= 0.6 is 0 Å². The monoisotopic (exact) mass is 294 g/mol. The summed E-state index contributed by atoms with van der Waals surface area (Å²) in [4.78, 5) is 0. The molecule has 0 aromatic carbocycles. The van der Waals surface area contributed by atoms with Crippen molar-refractivity contribution in [3.05, 3.63) is 12.2 Å². The molecule has 2 unspecified atom stereocenters. The molecular formula is C17H34N4. The van der Waals surface area contributed by atoms with Gasteiger partial charge in [-0.3, -0.25) is 0 Å². The van der Waals surface area contributed by atoms with Crippen LogP contribution in [0.2, 0.25) is 0 Å². The second-order valence-electron chi connectivity index (χ2n) is 7.77. The van der Waals surface area contributed by atoms with E-state index in [1.165, 1.54) is 25.7 Å². The zero-order chi connectivity index (χ0) is 15.3. The molecule has 1 saturated carbocycles. The van der Waals surface area contributed by atoms with Gasteiger partial charge < -0.3 is 22.1 Å². The third-order valence-electron chi connectivity index (χ3n) is 4.89. The number of hydrogen-bond acceptors (Lipinski definition) is 4. The highest BCUT2D eigenvalue weighted by atomic mass is 15.0. The molecule has 2 atom stereocenters. The van der Waals surface area contributed by atoms with Crippen molar-refractivity contribution in [3.63, 3.8) is 0 Å². The van der Waals surface area contributed by atoms with Crippen molar-refractivity contribution in [2.24, 2.45) is 16.9 Å². The van der Waals surface area contributed by atoms with Gasteiger partial charge in [-0.25, -0.2) is 0 Å². The quantitative estimate of drug-likeness (QED) is 0.560. The molecule has 0 aromatic heterocycles. The lowest BCUT2D eigenvalue weighted by Crippen LogP contribution is -2.46. The molecule has 2 aliphatic carbocycles. The van der Waals surface area contributed by atoms with Crippen molar-refractivity contribution < 1.29 is 0 Å². The van der Waals surface area contributed by atoms with Gasteiger partial charge in [-0.2, -0.15) is 0 Å². The maximum Gasteiger partial charge on any atom is 0.0251 e. The lowest BCUT2D eigenvalue weighted by atomic mass is 9.88. The molecule has 0 bridgehead atoms. The second kappa shape index (κ2) is 7.73. The molecule has 0 saturated heterocycles. The van der Waals surface area contributed by atoms with E-state index in [1.807, 2.05) is 0 Å². The Morgan fingerprint density at radius 3 is 2.19 bits per heavy atom. The van der Waals surface area contributed by atoms with Crippen LogP contribution in [0.5, 0.6) is 0 Å². The van der Waals surface area contributed by atoms with Gasteiger partial charge in [0.05, 0.1) is 0 Å². The van der Waals surface area contributed by atoms with Gasteiger partial charge in [0.25, 0.3) is 0 Å². The fourth-order valence-corrected chi connectivity index (χ4v) is 3.23. The molecule has 21 heavy (non-hydrogen) atoms. The van der Waals surface area contributed by atoms with E-state index >= 15 is 0 Å². The van der Waals surface area contributed by atoms with Crippen LogP contribution in [0.15, 0.2) is 12.2 Å². The number of nitrogens with one attached hydrogen (secondary N) is 2. The van der Waals surface area contributed by atoms with Crippen LogP contribution in [0.3, 0.4) is 0 Å². The molecule has 0 radical (unpaired) electrons. The van der Waals surface area contributed by atoms with Gasteiger partial charge in [-0.05, 0) is 43.9 Å². The van der Waals surface area contributed by atoms with E-state index in [0.29, 0.717) is 18.1 Å². The van der Waals surface area contributed by atoms with Crippen molar-refractivity contribution in [2.75, 3.05) is 13.1 Å². The molecule has 1 fully saturated rings. The largest absolute Gasteiger partial charge is 0.328 e. The Bertz CT molecular complexity index is 332. The number of hydrogen-bond donors (Lipinski definition) is 4. The summed E-state index contributed by atoms with van der Waals surface area (Å²) >= 11 is 0. The van der Waals surface area contributed by atoms with E-state index in [0.717, 1.165) is 25.9 Å². The molecular weight excluding hydrogens is 260 g/mol. The standard InChI is InChI=1S/C17H34N4/c1-17(2,11-20-15-7-3-13(18)4-8-15)12-21-16-9-5-14(19)6-10-16/h3,7,13-16,20-21H,4-6,8-12,18-19H2,1-2H3. The lowest BCUT2D eigenvalue weighted by Gasteiger charge is -2.33. The molecule has 0 amide bonds. The van der Waals surface area contributed by atoms with Gasteiger partial charge in [0.15, 0.2) is 0 Å². The molecule has 122 valence electrons.